The summed E-state index contributed by atoms with van der Waals surface area (Å²) in [5.41, 5.74) is 6.66. The number of rotatable bonds is 3. The summed E-state index contributed by atoms with van der Waals surface area (Å²) in [7, 11) is -3.85. The van der Waals surface area contributed by atoms with E-state index in [0.717, 1.165) is 24.5 Å². The largest absolute Gasteiger partial charge is 0.399 e. The number of hydrogen-bond acceptors (Lipinski definition) is 4. The summed E-state index contributed by atoms with van der Waals surface area (Å²) < 4.78 is 40.8. The van der Waals surface area contributed by atoms with Gasteiger partial charge in [0.25, 0.3) is 0 Å². The van der Waals surface area contributed by atoms with Gasteiger partial charge in [0, 0.05) is 12.2 Å². The molecule has 1 aromatic carbocycles. The van der Waals surface area contributed by atoms with E-state index >= 15 is 0 Å². The summed E-state index contributed by atoms with van der Waals surface area (Å²) in [5, 5.41) is 3.86. The summed E-state index contributed by atoms with van der Waals surface area (Å²) in [4.78, 5) is -0.307. The molecule has 21 heavy (non-hydrogen) atoms. The van der Waals surface area contributed by atoms with Gasteiger partial charge in [0.05, 0.1) is 6.04 Å². The maximum atomic E-state index is 14.0. The van der Waals surface area contributed by atoms with Crippen LogP contribution in [-0.2, 0) is 10.0 Å². The maximum Gasteiger partial charge on any atom is 0.246 e. The van der Waals surface area contributed by atoms with Crippen LogP contribution < -0.4 is 5.73 Å². The number of nitrogens with two attached hydrogens (primary N) is 1. The summed E-state index contributed by atoms with van der Waals surface area (Å²) >= 11 is 1.53. The first-order valence-corrected chi connectivity index (χ1v) is 8.97. The first-order chi connectivity index (χ1) is 10.00. The van der Waals surface area contributed by atoms with Crippen LogP contribution in [0, 0.1) is 5.82 Å². The van der Waals surface area contributed by atoms with Gasteiger partial charge in [-0.3, -0.25) is 0 Å². The minimum atomic E-state index is -3.85. The van der Waals surface area contributed by atoms with Crippen molar-refractivity contribution in [3.63, 3.8) is 0 Å². The van der Waals surface area contributed by atoms with Crippen LogP contribution in [0.3, 0.4) is 0 Å². The second-order valence-electron chi connectivity index (χ2n) is 5.02. The van der Waals surface area contributed by atoms with Gasteiger partial charge in [-0.05, 0) is 53.4 Å². The third-order valence-electron chi connectivity index (χ3n) is 3.67. The molecule has 1 aromatic heterocycles. The molecule has 1 aliphatic heterocycles. The van der Waals surface area contributed by atoms with Crippen molar-refractivity contribution >= 4 is 27.0 Å². The predicted molar refractivity (Wildman–Crippen MR) is 81.0 cm³/mol. The minimum Gasteiger partial charge on any atom is -0.399 e. The van der Waals surface area contributed by atoms with Gasteiger partial charge in [0.15, 0.2) is 0 Å². The van der Waals surface area contributed by atoms with Crippen LogP contribution in [0.2, 0.25) is 0 Å². The second-order valence-corrected chi connectivity index (χ2v) is 7.66. The molecule has 1 aliphatic rings. The molecular formula is C14H15FN2O2S2. The molecule has 0 aliphatic carbocycles. The van der Waals surface area contributed by atoms with E-state index in [1.807, 2.05) is 16.8 Å². The van der Waals surface area contributed by atoms with Crippen molar-refractivity contribution in [3.8, 4) is 0 Å². The van der Waals surface area contributed by atoms with Crippen molar-refractivity contribution in [1.29, 1.82) is 0 Å². The van der Waals surface area contributed by atoms with Crippen LogP contribution in [0.25, 0.3) is 0 Å². The summed E-state index contributed by atoms with van der Waals surface area (Å²) in [6.45, 7) is 0.409. The highest BCUT2D eigenvalue weighted by Gasteiger charge is 2.37. The van der Waals surface area contributed by atoms with Crippen LogP contribution in [0.4, 0.5) is 10.1 Å². The van der Waals surface area contributed by atoms with Crippen LogP contribution >= 0.6 is 11.3 Å². The fourth-order valence-corrected chi connectivity index (χ4v) is 5.11. The molecule has 0 spiro atoms. The van der Waals surface area contributed by atoms with Crippen molar-refractivity contribution in [2.75, 3.05) is 12.3 Å². The quantitative estimate of drug-likeness (QED) is 0.882. The molecule has 0 saturated carbocycles. The van der Waals surface area contributed by atoms with E-state index in [9.17, 15) is 12.8 Å². The lowest BCUT2D eigenvalue weighted by molar-refractivity contribution is 0.394. The monoisotopic (exact) mass is 326 g/mol. The molecule has 2 N–H and O–H groups in total. The van der Waals surface area contributed by atoms with E-state index in [-0.39, 0.29) is 16.6 Å². The average Bonchev–Trinajstić information content (AvgIpc) is 3.09. The normalized spacial score (nSPS) is 20.0. The minimum absolute atomic E-state index is 0.210. The highest BCUT2D eigenvalue weighted by molar-refractivity contribution is 7.89. The number of nitrogens with zero attached hydrogens (tertiary/aromatic N) is 1. The van der Waals surface area contributed by atoms with E-state index in [1.54, 1.807) is 0 Å². The zero-order valence-corrected chi connectivity index (χ0v) is 12.8. The number of thiophene rings is 1. The fourth-order valence-electron chi connectivity index (χ4n) is 2.68. The SMILES string of the molecule is Nc1ccc(S(=O)(=O)N2CCCC2c2ccsc2)c(F)c1. The Balaban J connectivity index is 2.01. The molecule has 0 amide bonds. The zero-order valence-electron chi connectivity index (χ0n) is 11.2. The molecule has 2 aromatic rings. The molecular weight excluding hydrogens is 311 g/mol. The van der Waals surface area contributed by atoms with E-state index < -0.39 is 15.8 Å². The number of hydrogen-bond donors (Lipinski definition) is 1. The third kappa shape index (κ3) is 2.56. The van der Waals surface area contributed by atoms with Gasteiger partial charge in [-0.15, -0.1) is 0 Å². The van der Waals surface area contributed by atoms with Gasteiger partial charge in [-0.25, -0.2) is 12.8 Å². The number of anilines is 1. The van der Waals surface area contributed by atoms with Gasteiger partial charge in [0.1, 0.15) is 10.7 Å². The van der Waals surface area contributed by atoms with Gasteiger partial charge in [0.2, 0.25) is 10.0 Å². The second kappa shape index (κ2) is 5.40. The molecule has 1 fully saturated rings. The maximum absolute atomic E-state index is 14.0. The Hall–Kier alpha value is -1.44. The van der Waals surface area contributed by atoms with Crippen molar-refractivity contribution in [1.82, 2.24) is 4.31 Å². The van der Waals surface area contributed by atoms with Gasteiger partial charge in [-0.1, -0.05) is 0 Å². The van der Waals surface area contributed by atoms with Crippen LogP contribution in [0.15, 0.2) is 39.9 Å². The van der Waals surface area contributed by atoms with E-state index in [4.69, 9.17) is 5.73 Å². The van der Waals surface area contributed by atoms with E-state index in [2.05, 4.69) is 0 Å². The number of halogens is 1. The predicted octanol–water partition coefficient (Wildman–Crippen LogP) is 3.00. The van der Waals surface area contributed by atoms with Crippen molar-refractivity contribution in [2.45, 2.75) is 23.8 Å². The van der Waals surface area contributed by atoms with E-state index in [1.165, 1.54) is 27.8 Å². The molecule has 3 rings (SSSR count). The van der Waals surface area contributed by atoms with Crippen LogP contribution in [0.1, 0.15) is 24.4 Å². The van der Waals surface area contributed by atoms with Crippen molar-refractivity contribution in [3.05, 3.63) is 46.4 Å². The molecule has 1 saturated heterocycles. The highest BCUT2D eigenvalue weighted by Crippen LogP contribution is 2.37. The Bertz CT molecular complexity index is 744. The average molecular weight is 326 g/mol. The molecule has 112 valence electrons. The number of nitrogen functional groups attached to an aromatic ring is 1. The molecule has 0 radical (unpaired) electrons. The van der Waals surface area contributed by atoms with Crippen LogP contribution in [0.5, 0.6) is 0 Å². The lowest BCUT2D eigenvalue weighted by atomic mass is 10.1. The Labute approximate surface area is 127 Å². The third-order valence-corrected chi connectivity index (χ3v) is 6.32. The smallest absolute Gasteiger partial charge is 0.246 e. The Kier molecular flexibility index (Phi) is 3.73. The summed E-state index contributed by atoms with van der Waals surface area (Å²) in [6, 6.07) is 5.40. The number of sulfonamides is 1. The molecule has 7 heteroatoms. The first-order valence-electron chi connectivity index (χ1n) is 6.59. The summed E-state index contributed by atoms with van der Waals surface area (Å²) in [5.74, 6) is -0.800. The van der Waals surface area contributed by atoms with Gasteiger partial charge >= 0.3 is 0 Å². The van der Waals surface area contributed by atoms with Crippen molar-refractivity contribution < 1.29 is 12.8 Å². The standard InChI is InChI=1S/C14H15FN2O2S2/c15-12-8-11(16)3-4-14(12)21(18,19)17-6-1-2-13(17)10-5-7-20-9-10/h3-5,7-9,13H,1-2,6,16H2. The molecule has 2 heterocycles. The molecule has 1 atom stereocenters. The van der Waals surface area contributed by atoms with Crippen molar-refractivity contribution in [2.24, 2.45) is 0 Å². The Morgan fingerprint density at radius 3 is 2.81 bits per heavy atom. The highest BCUT2D eigenvalue weighted by atomic mass is 32.2. The van der Waals surface area contributed by atoms with Gasteiger partial charge < -0.3 is 5.73 Å². The van der Waals surface area contributed by atoms with Gasteiger partial charge in [-0.2, -0.15) is 15.6 Å². The summed E-state index contributed by atoms with van der Waals surface area (Å²) in [6.07, 6.45) is 1.53. The Morgan fingerprint density at radius 1 is 1.33 bits per heavy atom. The Morgan fingerprint density at radius 2 is 2.14 bits per heavy atom. The molecule has 4 nitrogen and oxygen atoms in total. The zero-order chi connectivity index (χ0) is 15.0. The lowest BCUT2D eigenvalue weighted by Crippen LogP contribution is -2.31. The first kappa shape index (κ1) is 14.5. The topological polar surface area (TPSA) is 63.4 Å². The lowest BCUT2D eigenvalue weighted by Gasteiger charge is -2.23. The number of benzene rings is 1. The molecule has 0 bridgehead atoms. The van der Waals surface area contributed by atoms with E-state index in [0.29, 0.717) is 6.54 Å². The fraction of sp³-hybridized carbons (Fsp3) is 0.286. The van der Waals surface area contributed by atoms with Crippen LogP contribution in [-0.4, -0.2) is 19.3 Å². The molecule has 1 unspecified atom stereocenters.